The third-order valence-corrected chi connectivity index (χ3v) is 4.43. The predicted octanol–water partition coefficient (Wildman–Crippen LogP) is 4.08. The molecule has 0 rings (SSSR count). The van der Waals surface area contributed by atoms with Gasteiger partial charge in [-0.3, -0.25) is 9.59 Å². The zero-order chi connectivity index (χ0) is 17.7. The molecule has 0 spiro atoms. The molecular weight excluding hydrogens is 296 g/mol. The van der Waals surface area contributed by atoms with Gasteiger partial charge in [0, 0.05) is 0 Å². The van der Waals surface area contributed by atoms with E-state index in [1.807, 2.05) is 0 Å². The number of aliphatic hydroxyl groups is 1. The molecule has 0 aromatic rings. The van der Waals surface area contributed by atoms with Gasteiger partial charge in [-0.25, -0.2) is 0 Å². The highest BCUT2D eigenvalue weighted by molar-refractivity contribution is 5.72. The van der Waals surface area contributed by atoms with Crippen LogP contribution in [0.1, 0.15) is 84.5 Å². The lowest BCUT2D eigenvalue weighted by Gasteiger charge is -2.22. The lowest BCUT2D eigenvalue weighted by Crippen LogP contribution is -2.32. The molecule has 0 radical (unpaired) electrons. The van der Waals surface area contributed by atoms with E-state index in [1.165, 1.54) is 0 Å². The van der Waals surface area contributed by atoms with Crippen LogP contribution >= 0.6 is 0 Å². The molecule has 0 heterocycles. The average Bonchev–Trinajstić information content (AvgIpc) is 2.49. The number of carbonyl (C=O) groups is 2. The minimum atomic E-state index is -1.08. The molecule has 3 unspecified atom stereocenters. The third kappa shape index (κ3) is 10.3. The van der Waals surface area contributed by atoms with E-state index in [4.69, 9.17) is 0 Å². The molecule has 0 bridgehead atoms. The number of rotatable bonds is 15. The Morgan fingerprint density at radius 2 is 1.30 bits per heavy atom. The number of aliphatic hydroxyl groups excluding tert-OH is 1. The third-order valence-electron chi connectivity index (χ3n) is 4.43. The fourth-order valence-electron chi connectivity index (χ4n) is 2.89. The topological polar surface area (TPSA) is 94.8 Å². The van der Waals surface area contributed by atoms with E-state index >= 15 is 0 Å². The minimum absolute atomic E-state index is 0.0339. The Morgan fingerprint density at radius 3 is 1.74 bits per heavy atom. The van der Waals surface area contributed by atoms with Gasteiger partial charge >= 0.3 is 11.9 Å². The molecule has 0 fully saturated rings. The standard InChI is InChI=1S/C18H34O5/c1-3-5-7-9-11-14(17(20)21)13-16(19)15(18(22)23)12-10-8-6-4-2/h14-16,19H,3-13H2,1-2H3,(H,20,21)(H,22,23). The highest BCUT2D eigenvalue weighted by atomic mass is 16.4. The summed E-state index contributed by atoms with van der Waals surface area (Å²) in [5.41, 5.74) is 0. The number of unbranched alkanes of at least 4 members (excludes halogenated alkanes) is 6. The van der Waals surface area contributed by atoms with Crippen LogP contribution in [-0.4, -0.2) is 33.4 Å². The summed E-state index contributed by atoms with van der Waals surface area (Å²) in [6.45, 7) is 4.17. The van der Waals surface area contributed by atoms with Gasteiger partial charge in [0.25, 0.3) is 0 Å². The number of aliphatic carboxylic acids is 2. The van der Waals surface area contributed by atoms with Crippen LogP contribution in [0.4, 0.5) is 0 Å². The molecule has 0 amide bonds. The van der Waals surface area contributed by atoms with Gasteiger partial charge in [-0.2, -0.15) is 0 Å². The fourth-order valence-corrected chi connectivity index (χ4v) is 2.89. The summed E-state index contributed by atoms with van der Waals surface area (Å²) in [7, 11) is 0. The van der Waals surface area contributed by atoms with Crippen LogP contribution < -0.4 is 0 Å². The molecule has 5 heteroatoms. The highest BCUT2D eigenvalue weighted by Gasteiger charge is 2.30. The first-order valence-electron chi connectivity index (χ1n) is 9.07. The Morgan fingerprint density at radius 1 is 0.783 bits per heavy atom. The minimum Gasteiger partial charge on any atom is -0.481 e. The molecule has 23 heavy (non-hydrogen) atoms. The van der Waals surface area contributed by atoms with Crippen LogP contribution in [-0.2, 0) is 9.59 Å². The van der Waals surface area contributed by atoms with Crippen molar-refractivity contribution in [2.75, 3.05) is 0 Å². The smallest absolute Gasteiger partial charge is 0.309 e. The van der Waals surface area contributed by atoms with Crippen molar-refractivity contribution in [1.29, 1.82) is 0 Å². The molecule has 5 nitrogen and oxygen atoms in total. The van der Waals surface area contributed by atoms with E-state index in [1.54, 1.807) is 0 Å². The molecule has 0 aromatic carbocycles. The summed E-state index contributed by atoms with van der Waals surface area (Å²) in [5.74, 6) is -3.47. The van der Waals surface area contributed by atoms with Gasteiger partial charge in [0.15, 0.2) is 0 Å². The second-order valence-corrected chi connectivity index (χ2v) is 6.48. The van der Waals surface area contributed by atoms with E-state index in [2.05, 4.69) is 13.8 Å². The van der Waals surface area contributed by atoms with E-state index in [-0.39, 0.29) is 6.42 Å². The summed E-state index contributed by atoms with van der Waals surface area (Å²) >= 11 is 0. The van der Waals surface area contributed by atoms with Crippen molar-refractivity contribution in [3.05, 3.63) is 0 Å². The van der Waals surface area contributed by atoms with Crippen LogP contribution in [0.25, 0.3) is 0 Å². The quantitative estimate of drug-likeness (QED) is 0.393. The summed E-state index contributed by atoms with van der Waals surface area (Å²) in [6.07, 6.45) is 7.66. The summed E-state index contributed by atoms with van der Waals surface area (Å²) in [6, 6.07) is 0. The molecule has 3 N–H and O–H groups in total. The maximum atomic E-state index is 11.3. The van der Waals surface area contributed by atoms with Gasteiger partial charge in [-0.1, -0.05) is 65.2 Å². The maximum Gasteiger partial charge on any atom is 0.309 e. The van der Waals surface area contributed by atoms with E-state index in [0.717, 1.165) is 51.4 Å². The lowest BCUT2D eigenvalue weighted by atomic mass is 9.87. The molecule has 0 aliphatic heterocycles. The van der Waals surface area contributed by atoms with Crippen molar-refractivity contribution in [3.63, 3.8) is 0 Å². The molecule has 0 aliphatic carbocycles. The zero-order valence-electron chi connectivity index (χ0n) is 14.7. The Balaban J connectivity index is 4.43. The predicted molar refractivity (Wildman–Crippen MR) is 90.4 cm³/mol. The van der Waals surface area contributed by atoms with Gasteiger partial charge < -0.3 is 15.3 Å². The molecule has 0 saturated carbocycles. The lowest BCUT2D eigenvalue weighted by molar-refractivity contribution is -0.150. The normalized spacial score (nSPS) is 15.1. The highest BCUT2D eigenvalue weighted by Crippen LogP contribution is 2.24. The van der Waals surface area contributed by atoms with Crippen molar-refractivity contribution in [2.45, 2.75) is 90.6 Å². The van der Waals surface area contributed by atoms with E-state index < -0.39 is 29.9 Å². The van der Waals surface area contributed by atoms with Crippen LogP contribution in [0.5, 0.6) is 0 Å². The van der Waals surface area contributed by atoms with E-state index in [9.17, 15) is 24.9 Å². The van der Waals surface area contributed by atoms with Crippen molar-refractivity contribution < 1.29 is 24.9 Å². The van der Waals surface area contributed by atoms with Gasteiger partial charge in [0.05, 0.1) is 17.9 Å². The molecule has 0 saturated heterocycles. The Labute approximate surface area is 140 Å². The molecule has 0 aromatic heterocycles. The average molecular weight is 330 g/mol. The van der Waals surface area contributed by atoms with Gasteiger partial charge in [0.2, 0.25) is 0 Å². The molecule has 0 aliphatic rings. The van der Waals surface area contributed by atoms with Gasteiger partial charge in [0.1, 0.15) is 0 Å². The molecular formula is C18H34O5. The maximum absolute atomic E-state index is 11.3. The monoisotopic (exact) mass is 330 g/mol. The number of hydrogen-bond donors (Lipinski definition) is 3. The second kappa shape index (κ2) is 13.3. The largest absolute Gasteiger partial charge is 0.481 e. The van der Waals surface area contributed by atoms with Crippen LogP contribution in [0, 0.1) is 11.8 Å². The van der Waals surface area contributed by atoms with Crippen LogP contribution in [0.15, 0.2) is 0 Å². The molecule has 3 atom stereocenters. The van der Waals surface area contributed by atoms with E-state index in [0.29, 0.717) is 12.8 Å². The van der Waals surface area contributed by atoms with Crippen molar-refractivity contribution in [1.82, 2.24) is 0 Å². The second-order valence-electron chi connectivity index (χ2n) is 6.48. The van der Waals surface area contributed by atoms with Crippen LogP contribution in [0.3, 0.4) is 0 Å². The van der Waals surface area contributed by atoms with Gasteiger partial charge in [-0.15, -0.1) is 0 Å². The first-order chi connectivity index (χ1) is 10.9. The van der Waals surface area contributed by atoms with Crippen molar-refractivity contribution in [3.8, 4) is 0 Å². The number of carboxylic acid groups (broad SMARTS) is 2. The van der Waals surface area contributed by atoms with Gasteiger partial charge in [-0.05, 0) is 19.3 Å². The SMILES string of the molecule is CCCCCCC(CC(O)C(CCCCCC)C(=O)O)C(=O)O. The summed E-state index contributed by atoms with van der Waals surface area (Å²) in [4.78, 5) is 22.7. The Bertz CT molecular complexity index is 329. The summed E-state index contributed by atoms with van der Waals surface area (Å²) in [5, 5.41) is 28.8. The Kier molecular flexibility index (Phi) is 12.7. The fraction of sp³-hybridized carbons (Fsp3) is 0.889. The number of carboxylic acids is 2. The van der Waals surface area contributed by atoms with Crippen molar-refractivity contribution in [2.24, 2.45) is 11.8 Å². The zero-order valence-corrected chi connectivity index (χ0v) is 14.7. The Hall–Kier alpha value is -1.10. The molecule has 136 valence electrons. The van der Waals surface area contributed by atoms with Crippen LogP contribution in [0.2, 0.25) is 0 Å². The summed E-state index contributed by atoms with van der Waals surface area (Å²) < 4.78 is 0. The number of hydrogen-bond acceptors (Lipinski definition) is 3. The first kappa shape index (κ1) is 21.9. The van der Waals surface area contributed by atoms with Crippen molar-refractivity contribution >= 4 is 11.9 Å². The first-order valence-corrected chi connectivity index (χ1v) is 9.07.